The minimum atomic E-state index is -4.94. The first-order valence-electron chi connectivity index (χ1n) is 13.0. The van der Waals surface area contributed by atoms with Crippen LogP contribution in [0.5, 0.6) is 0 Å². The van der Waals surface area contributed by atoms with Gasteiger partial charge in [0, 0.05) is 0 Å². The largest absolute Gasteiger partial charge is 0.222 e. The van der Waals surface area contributed by atoms with E-state index in [0.29, 0.717) is 0 Å². The zero-order valence-electron chi connectivity index (χ0n) is 22.3. The van der Waals surface area contributed by atoms with Gasteiger partial charge >= 0.3 is 230 Å². The van der Waals surface area contributed by atoms with Crippen molar-refractivity contribution in [2.45, 2.75) is 0 Å². The van der Waals surface area contributed by atoms with Crippen LogP contribution in [-0.4, -0.2) is 14.5 Å². The molecule has 0 saturated heterocycles. The van der Waals surface area contributed by atoms with Gasteiger partial charge in [-0.2, -0.15) is 0 Å². The number of thioether (sulfide) groups is 1. The maximum Gasteiger partial charge on any atom is -0.112 e. The van der Waals surface area contributed by atoms with E-state index >= 15 is 0 Å². The van der Waals surface area contributed by atoms with Gasteiger partial charge in [0.1, 0.15) is 0 Å². The van der Waals surface area contributed by atoms with Gasteiger partial charge in [-0.1, -0.05) is 0 Å². The maximum absolute atomic E-state index is 8.49. The fourth-order valence-electron chi connectivity index (χ4n) is 4.38. The number of benzene rings is 4. The van der Waals surface area contributed by atoms with Crippen LogP contribution in [0.4, 0.5) is 0 Å². The standard InChI is InChI=1S/C35H25SSe.ClHO4/c1-5-13-28(14-6-1)32-22-26(23-33(36-32)29-15-7-2-8-16-29)21-27-24-34(30-17-9-3-10-18-30)37-35(25-27)31-19-11-4-12-20-31;2-1(3,4)5/h1-25H;(H,2,3,4,5)/q+1;/p-1. The second-order valence-corrected chi connectivity index (χ2v) is 13.3. The van der Waals surface area contributed by atoms with Crippen molar-refractivity contribution in [3.05, 3.63) is 168 Å². The molecule has 1 aliphatic heterocycles. The number of rotatable bonds is 5. The molecule has 0 saturated carbocycles. The van der Waals surface area contributed by atoms with E-state index in [9.17, 15) is 0 Å². The van der Waals surface area contributed by atoms with E-state index in [2.05, 4.69) is 152 Å². The first kappa shape index (κ1) is 29.9. The van der Waals surface area contributed by atoms with E-state index in [1.807, 2.05) is 11.8 Å². The van der Waals surface area contributed by atoms with Crippen molar-refractivity contribution in [3.8, 4) is 20.0 Å². The van der Waals surface area contributed by atoms with Crippen molar-refractivity contribution >= 4 is 42.2 Å². The van der Waals surface area contributed by atoms with Crippen molar-refractivity contribution in [2.75, 3.05) is 0 Å². The first-order valence-corrected chi connectivity index (χ1v) is 16.7. The van der Waals surface area contributed by atoms with Crippen LogP contribution in [0.2, 0.25) is 0 Å². The molecule has 5 aromatic rings. The molecule has 0 aliphatic carbocycles. The topological polar surface area (TPSA) is 92.2 Å². The molecule has 42 heavy (non-hydrogen) atoms. The van der Waals surface area contributed by atoms with Crippen molar-refractivity contribution in [1.29, 1.82) is 0 Å². The van der Waals surface area contributed by atoms with E-state index in [4.69, 9.17) is 18.6 Å². The number of allylic oxidation sites excluding steroid dienone is 3. The van der Waals surface area contributed by atoms with Gasteiger partial charge in [0.15, 0.2) is 0 Å². The molecule has 0 spiro atoms. The monoisotopic (exact) mass is 656 g/mol. The average Bonchev–Trinajstić information content (AvgIpc) is 3.02. The Hall–Kier alpha value is -3.55. The van der Waals surface area contributed by atoms with Gasteiger partial charge in [-0.15, -0.1) is 10.2 Å². The molecule has 4 nitrogen and oxygen atoms in total. The third kappa shape index (κ3) is 8.73. The van der Waals surface area contributed by atoms with Gasteiger partial charge in [0.05, 0.1) is 0 Å². The molecule has 0 radical (unpaired) electrons. The van der Waals surface area contributed by atoms with Gasteiger partial charge in [0.25, 0.3) is 0 Å². The van der Waals surface area contributed by atoms with Crippen LogP contribution < -0.4 is 18.6 Å². The predicted molar refractivity (Wildman–Crippen MR) is 163 cm³/mol. The molecular formula is C35H25ClO4SSe. The molecule has 7 heteroatoms. The zero-order valence-corrected chi connectivity index (χ0v) is 25.5. The molecule has 0 atom stereocenters. The van der Waals surface area contributed by atoms with Crippen molar-refractivity contribution in [1.82, 2.24) is 0 Å². The second-order valence-electron chi connectivity index (χ2n) is 9.22. The van der Waals surface area contributed by atoms with Gasteiger partial charge < -0.3 is 0 Å². The summed E-state index contributed by atoms with van der Waals surface area (Å²) in [5.74, 6) is 0. The van der Waals surface area contributed by atoms with Crippen LogP contribution >= 0.6 is 11.8 Å². The molecule has 1 aromatic heterocycles. The summed E-state index contributed by atoms with van der Waals surface area (Å²) in [5, 5.41) is 0. The van der Waals surface area contributed by atoms with Crippen LogP contribution in [0, 0.1) is 10.2 Å². The smallest absolute Gasteiger partial charge is 0.112 e. The summed E-state index contributed by atoms with van der Waals surface area (Å²) < 4.78 is 36.8. The van der Waals surface area contributed by atoms with Crippen molar-refractivity contribution in [2.24, 2.45) is 0 Å². The van der Waals surface area contributed by atoms with Crippen LogP contribution in [0.15, 0.2) is 151 Å². The molecule has 0 bridgehead atoms. The van der Waals surface area contributed by atoms with Gasteiger partial charge in [-0.3, -0.25) is 0 Å². The Kier molecular flexibility index (Phi) is 10.0. The fourth-order valence-corrected chi connectivity index (χ4v) is 7.90. The van der Waals surface area contributed by atoms with Crippen LogP contribution in [0.1, 0.15) is 16.7 Å². The third-order valence-electron chi connectivity index (χ3n) is 6.20. The van der Waals surface area contributed by atoms with E-state index in [0.717, 1.165) is 0 Å². The van der Waals surface area contributed by atoms with Crippen molar-refractivity contribution in [3.63, 3.8) is 0 Å². The Balaban J connectivity index is 0.000000652. The molecule has 0 N–H and O–H groups in total. The Morgan fingerprint density at radius 2 is 0.833 bits per heavy atom. The fraction of sp³-hybridized carbons (Fsp3) is 0. The van der Waals surface area contributed by atoms with Crippen LogP contribution in [0.25, 0.3) is 35.9 Å². The Labute approximate surface area is 257 Å². The Bertz CT molecular complexity index is 1600. The third-order valence-corrected chi connectivity index (χ3v) is 9.75. The maximum atomic E-state index is 8.49. The van der Waals surface area contributed by atoms with Gasteiger partial charge in [0.2, 0.25) is 0 Å². The number of hydrogen-bond donors (Lipinski definition) is 0. The van der Waals surface area contributed by atoms with E-state index in [1.165, 1.54) is 52.1 Å². The summed E-state index contributed by atoms with van der Waals surface area (Å²) in [6.45, 7) is 0. The van der Waals surface area contributed by atoms with E-state index in [1.54, 1.807) is 0 Å². The molecule has 4 aromatic carbocycles. The number of hydrogen-bond acceptors (Lipinski definition) is 5. The SMILES string of the molecule is C(=C1C=C(c2ccccc2)SC(c2ccccc2)=C1)c1cc(-c2ccccc2)[se+]c(-c2ccccc2)c1.[O-][Cl+3]([O-])([O-])[O-]. The normalized spacial score (nSPS) is 12.9. The van der Waals surface area contributed by atoms with Crippen molar-refractivity contribution < 1.29 is 28.9 Å². The van der Waals surface area contributed by atoms with Crippen LogP contribution in [0.3, 0.4) is 0 Å². The number of halogens is 1. The molecule has 0 unspecified atom stereocenters. The second kappa shape index (κ2) is 14.1. The quantitative estimate of drug-likeness (QED) is 0.254. The molecule has 2 heterocycles. The first-order chi connectivity index (χ1) is 20.3. The average molecular weight is 656 g/mol. The van der Waals surface area contributed by atoms with E-state index in [-0.39, 0.29) is 14.5 Å². The summed E-state index contributed by atoms with van der Waals surface area (Å²) >= 11 is 2.08. The summed E-state index contributed by atoms with van der Waals surface area (Å²) in [4.78, 5) is 2.54. The molecule has 0 amide bonds. The Morgan fingerprint density at radius 1 is 0.500 bits per heavy atom. The van der Waals surface area contributed by atoms with Gasteiger partial charge in [-0.25, -0.2) is 18.6 Å². The molecule has 6 rings (SSSR count). The molecule has 208 valence electrons. The molecular weight excluding hydrogens is 631 g/mol. The van der Waals surface area contributed by atoms with E-state index < -0.39 is 10.2 Å². The van der Waals surface area contributed by atoms with Crippen LogP contribution in [-0.2, 0) is 0 Å². The Morgan fingerprint density at radius 3 is 1.19 bits per heavy atom. The zero-order chi connectivity index (χ0) is 29.4. The summed E-state index contributed by atoms with van der Waals surface area (Å²) in [6.07, 6.45) is 6.99. The summed E-state index contributed by atoms with van der Waals surface area (Å²) in [6, 6.07) is 47.8. The minimum absolute atomic E-state index is 0.239. The molecule has 0 fully saturated rings. The molecule has 1 aliphatic rings. The minimum Gasteiger partial charge on any atom is -0.222 e. The summed E-state index contributed by atoms with van der Waals surface area (Å²) in [5.41, 5.74) is 7.56. The van der Waals surface area contributed by atoms with Gasteiger partial charge in [-0.05, 0) is 0 Å². The predicted octanol–water partition coefficient (Wildman–Crippen LogP) is 4.82. The summed E-state index contributed by atoms with van der Waals surface area (Å²) in [7, 11) is -4.94.